The summed E-state index contributed by atoms with van der Waals surface area (Å²) in [6.45, 7) is 2.68. The molecule has 6 nitrogen and oxygen atoms in total. The number of nitrogens with one attached hydrogen (secondary N) is 1. The second-order valence-corrected chi connectivity index (χ2v) is 5.55. The first-order valence-electron chi connectivity index (χ1n) is 7.19. The SMILES string of the molecule is CCOC(=O)c1n[nH]nc1-c1ccc(Cl)c(OCC2CC2)c1. The van der Waals surface area contributed by atoms with Crippen LogP contribution in [-0.4, -0.2) is 34.6 Å². The van der Waals surface area contributed by atoms with E-state index in [2.05, 4.69) is 15.4 Å². The first kappa shape index (κ1) is 14.8. The number of aromatic amines is 1. The monoisotopic (exact) mass is 321 g/mol. The van der Waals surface area contributed by atoms with E-state index in [1.165, 1.54) is 12.8 Å². The standard InChI is InChI=1S/C15H16ClN3O3/c1-2-21-15(20)14-13(17-19-18-14)10-5-6-11(16)12(7-10)22-8-9-3-4-9/h5-7,9H,2-4,8H2,1H3,(H,17,18,19). The first-order chi connectivity index (χ1) is 10.7. The highest BCUT2D eigenvalue weighted by Crippen LogP contribution is 2.34. The van der Waals surface area contributed by atoms with E-state index >= 15 is 0 Å². The summed E-state index contributed by atoms with van der Waals surface area (Å²) in [4.78, 5) is 11.9. The van der Waals surface area contributed by atoms with Gasteiger partial charge in [0, 0.05) is 5.56 Å². The van der Waals surface area contributed by atoms with Gasteiger partial charge in [-0.3, -0.25) is 0 Å². The van der Waals surface area contributed by atoms with Crippen LogP contribution in [0.3, 0.4) is 0 Å². The van der Waals surface area contributed by atoms with E-state index in [1.807, 2.05) is 0 Å². The molecular formula is C15H16ClN3O3. The molecule has 1 aliphatic rings. The van der Waals surface area contributed by atoms with E-state index in [1.54, 1.807) is 25.1 Å². The minimum absolute atomic E-state index is 0.150. The second kappa shape index (κ2) is 6.36. The van der Waals surface area contributed by atoms with Crippen LogP contribution < -0.4 is 4.74 Å². The molecule has 0 unspecified atom stereocenters. The van der Waals surface area contributed by atoms with Crippen molar-refractivity contribution in [1.82, 2.24) is 15.4 Å². The van der Waals surface area contributed by atoms with Crippen molar-refractivity contribution in [1.29, 1.82) is 0 Å². The maximum absolute atomic E-state index is 11.9. The van der Waals surface area contributed by atoms with E-state index in [9.17, 15) is 4.79 Å². The van der Waals surface area contributed by atoms with Crippen LogP contribution in [0.4, 0.5) is 0 Å². The van der Waals surface area contributed by atoms with E-state index in [0.29, 0.717) is 34.6 Å². The summed E-state index contributed by atoms with van der Waals surface area (Å²) in [7, 11) is 0. The molecule has 0 bridgehead atoms. The van der Waals surface area contributed by atoms with Gasteiger partial charge in [0.25, 0.3) is 0 Å². The molecule has 116 valence electrons. The summed E-state index contributed by atoms with van der Waals surface area (Å²) in [5.74, 6) is 0.701. The fourth-order valence-corrected chi connectivity index (χ4v) is 2.20. The molecule has 1 aromatic carbocycles. The Kier molecular flexibility index (Phi) is 4.29. The molecule has 1 fully saturated rings. The molecule has 0 saturated heterocycles. The summed E-state index contributed by atoms with van der Waals surface area (Å²) in [5.41, 5.74) is 1.27. The Morgan fingerprint density at radius 1 is 1.41 bits per heavy atom. The van der Waals surface area contributed by atoms with Gasteiger partial charge in [0.15, 0.2) is 5.69 Å². The molecule has 3 rings (SSSR count). The van der Waals surface area contributed by atoms with Crippen LogP contribution in [0.2, 0.25) is 5.02 Å². The number of ether oxygens (including phenoxy) is 2. The molecule has 0 atom stereocenters. The predicted octanol–water partition coefficient (Wildman–Crippen LogP) is 3.09. The highest BCUT2D eigenvalue weighted by molar-refractivity contribution is 6.32. The molecule has 0 aliphatic heterocycles. The molecule has 1 heterocycles. The van der Waals surface area contributed by atoms with E-state index < -0.39 is 5.97 Å². The third-order valence-corrected chi connectivity index (χ3v) is 3.71. The van der Waals surface area contributed by atoms with Gasteiger partial charge in [-0.05, 0) is 37.8 Å². The van der Waals surface area contributed by atoms with Crippen LogP contribution in [0.5, 0.6) is 5.75 Å². The molecule has 0 amide bonds. The minimum atomic E-state index is -0.512. The zero-order chi connectivity index (χ0) is 15.5. The smallest absolute Gasteiger partial charge is 0.361 e. The van der Waals surface area contributed by atoms with Gasteiger partial charge >= 0.3 is 5.97 Å². The average molecular weight is 322 g/mol. The number of rotatable bonds is 6. The van der Waals surface area contributed by atoms with E-state index in [0.717, 1.165) is 0 Å². The molecule has 7 heteroatoms. The lowest BCUT2D eigenvalue weighted by Gasteiger charge is -2.09. The lowest BCUT2D eigenvalue weighted by Crippen LogP contribution is -2.07. The molecule has 1 N–H and O–H groups in total. The number of carbonyl (C=O) groups is 1. The van der Waals surface area contributed by atoms with Crippen LogP contribution >= 0.6 is 11.6 Å². The fourth-order valence-electron chi connectivity index (χ4n) is 2.03. The number of H-pyrrole nitrogens is 1. The summed E-state index contributed by atoms with van der Waals surface area (Å²) >= 11 is 6.15. The van der Waals surface area contributed by atoms with E-state index in [-0.39, 0.29) is 12.3 Å². The summed E-state index contributed by atoms with van der Waals surface area (Å²) in [6, 6.07) is 5.26. The molecular weight excluding hydrogens is 306 g/mol. The Morgan fingerprint density at radius 2 is 2.23 bits per heavy atom. The lowest BCUT2D eigenvalue weighted by molar-refractivity contribution is 0.0520. The van der Waals surface area contributed by atoms with Gasteiger partial charge < -0.3 is 9.47 Å². The van der Waals surface area contributed by atoms with Crippen molar-refractivity contribution < 1.29 is 14.3 Å². The molecule has 1 aromatic heterocycles. The van der Waals surface area contributed by atoms with Gasteiger partial charge in [-0.15, -0.1) is 5.10 Å². The quantitative estimate of drug-likeness (QED) is 0.827. The third kappa shape index (κ3) is 3.22. The van der Waals surface area contributed by atoms with Crippen LogP contribution in [0.15, 0.2) is 18.2 Å². The molecule has 0 radical (unpaired) electrons. The number of carbonyl (C=O) groups excluding carboxylic acids is 1. The molecule has 22 heavy (non-hydrogen) atoms. The van der Waals surface area contributed by atoms with E-state index in [4.69, 9.17) is 21.1 Å². The Labute approximate surface area is 132 Å². The van der Waals surface area contributed by atoms with Crippen molar-refractivity contribution in [3.8, 4) is 17.0 Å². The Bertz CT molecular complexity index is 682. The van der Waals surface area contributed by atoms with Gasteiger partial charge in [0.05, 0.1) is 18.2 Å². The second-order valence-electron chi connectivity index (χ2n) is 5.14. The number of aromatic nitrogens is 3. The number of benzene rings is 1. The lowest BCUT2D eigenvalue weighted by atomic mass is 10.1. The Balaban J connectivity index is 1.86. The zero-order valence-electron chi connectivity index (χ0n) is 12.1. The number of hydrogen-bond donors (Lipinski definition) is 1. The zero-order valence-corrected chi connectivity index (χ0v) is 12.9. The van der Waals surface area contributed by atoms with Gasteiger partial charge in [0.2, 0.25) is 0 Å². The van der Waals surface area contributed by atoms with Gasteiger partial charge in [-0.25, -0.2) is 4.79 Å². The van der Waals surface area contributed by atoms with Gasteiger partial charge in [0.1, 0.15) is 11.4 Å². The number of nitrogens with zero attached hydrogens (tertiary/aromatic N) is 2. The predicted molar refractivity (Wildman–Crippen MR) is 81.0 cm³/mol. The molecule has 0 spiro atoms. The average Bonchev–Trinajstić information content (AvgIpc) is 3.21. The molecule has 1 saturated carbocycles. The highest BCUT2D eigenvalue weighted by Gasteiger charge is 2.23. The largest absolute Gasteiger partial charge is 0.492 e. The van der Waals surface area contributed by atoms with Crippen molar-refractivity contribution in [2.24, 2.45) is 5.92 Å². The van der Waals surface area contributed by atoms with Gasteiger partial charge in [-0.1, -0.05) is 17.7 Å². The normalized spacial score (nSPS) is 13.9. The highest BCUT2D eigenvalue weighted by atomic mass is 35.5. The van der Waals surface area contributed by atoms with Crippen molar-refractivity contribution in [2.45, 2.75) is 19.8 Å². The third-order valence-electron chi connectivity index (χ3n) is 3.39. The number of halogens is 1. The maximum atomic E-state index is 11.9. The van der Waals surface area contributed by atoms with Crippen LogP contribution in [-0.2, 0) is 4.74 Å². The van der Waals surface area contributed by atoms with Crippen molar-refractivity contribution >= 4 is 17.6 Å². The first-order valence-corrected chi connectivity index (χ1v) is 7.57. The molecule has 1 aliphatic carbocycles. The topological polar surface area (TPSA) is 77.1 Å². The van der Waals surface area contributed by atoms with Crippen LogP contribution in [0.25, 0.3) is 11.3 Å². The van der Waals surface area contributed by atoms with Gasteiger partial charge in [-0.2, -0.15) is 10.3 Å². The van der Waals surface area contributed by atoms with Crippen molar-refractivity contribution in [3.05, 3.63) is 28.9 Å². The van der Waals surface area contributed by atoms with Crippen LogP contribution in [0.1, 0.15) is 30.3 Å². The van der Waals surface area contributed by atoms with Crippen molar-refractivity contribution in [2.75, 3.05) is 13.2 Å². The Morgan fingerprint density at radius 3 is 2.95 bits per heavy atom. The fraction of sp³-hybridized carbons (Fsp3) is 0.400. The number of hydrogen-bond acceptors (Lipinski definition) is 5. The Hall–Kier alpha value is -2.08. The van der Waals surface area contributed by atoms with Crippen LogP contribution in [0, 0.1) is 5.92 Å². The maximum Gasteiger partial charge on any atom is 0.361 e. The molecule has 2 aromatic rings. The summed E-state index contributed by atoms with van der Waals surface area (Å²) in [5, 5.41) is 10.9. The summed E-state index contributed by atoms with van der Waals surface area (Å²) in [6.07, 6.45) is 2.40. The summed E-state index contributed by atoms with van der Waals surface area (Å²) < 4.78 is 10.7. The number of esters is 1. The van der Waals surface area contributed by atoms with Crippen molar-refractivity contribution in [3.63, 3.8) is 0 Å². The minimum Gasteiger partial charge on any atom is -0.492 e.